The van der Waals surface area contributed by atoms with Crippen LogP contribution in [0.2, 0.25) is 5.02 Å². The summed E-state index contributed by atoms with van der Waals surface area (Å²) in [4.78, 5) is 19.1. The maximum absolute atomic E-state index is 11.6. The molecule has 1 aromatic heterocycles. The van der Waals surface area contributed by atoms with Crippen LogP contribution < -0.4 is 10.6 Å². The van der Waals surface area contributed by atoms with Gasteiger partial charge in [0.2, 0.25) is 11.6 Å². The average molecular weight is 435 g/mol. The molecule has 0 fully saturated rings. The number of hydrogen-bond acceptors (Lipinski definition) is 6. The van der Waals surface area contributed by atoms with Gasteiger partial charge in [-0.25, -0.2) is 9.97 Å². The minimum atomic E-state index is -0.520. The fourth-order valence-electron chi connectivity index (χ4n) is 2.28. The third-order valence-electron chi connectivity index (χ3n) is 3.54. The standard InChI is InChI=1S/C17H13BrClN5O2/c18-12-6-2-4-8-14(12)23-17-15(24(25)26)16(21-10-22-17)20-9-11-5-1-3-7-13(11)19/h1-8,10H,9H2,(H2,20,21,22,23). The Bertz CT molecular complexity index is 954. The zero-order valence-corrected chi connectivity index (χ0v) is 15.7. The van der Waals surface area contributed by atoms with Crippen LogP contribution in [0.5, 0.6) is 0 Å². The highest BCUT2D eigenvalue weighted by Gasteiger charge is 2.23. The lowest BCUT2D eigenvalue weighted by atomic mass is 10.2. The molecule has 0 spiro atoms. The minimum Gasteiger partial charge on any atom is -0.360 e. The molecule has 3 aromatic rings. The van der Waals surface area contributed by atoms with Gasteiger partial charge in [0.15, 0.2) is 0 Å². The monoisotopic (exact) mass is 433 g/mol. The SMILES string of the molecule is O=[N+]([O-])c1c(NCc2ccccc2Cl)ncnc1Nc1ccccc1Br. The molecular weight excluding hydrogens is 422 g/mol. The molecule has 0 amide bonds. The van der Waals surface area contributed by atoms with Gasteiger partial charge in [-0.05, 0) is 39.7 Å². The molecule has 132 valence electrons. The van der Waals surface area contributed by atoms with Gasteiger partial charge >= 0.3 is 5.69 Å². The number of hydrogen-bond donors (Lipinski definition) is 2. The summed E-state index contributed by atoms with van der Waals surface area (Å²) in [6.07, 6.45) is 1.26. The van der Waals surface area contributed by atoms with E-state index in [0.717, 1.165) is 10.0 Å². The molecule has 0 saturated carbocycles. The first-order valence-corrected chi connectivity index (χ1v) is 8.71. The van der Waals surface area contributed by atoms with Crippen molar-refractivity contribution in [2.45, 2.75) is 6.54 Å². The van der Waals surface area contributed by atoms with Crippen LogP contribution in [0.3, 0.4) is 0 Å². The Morgan fingerprint density at radius 3 is 2.50 bits per heavy atom. The molecule has 0 unspecified atom stereocenters. The second kappa shape index (κ2) is 8.11. The van der Waals surface area contributed by atoms with Crippen molar-refractivity contribution >= 4 is 50.5 Å². The van der Waals surface area contributed by atoms with Gasteiger partial charge in [0.05, 0.1) is 10.6 Å². The molecular formula is C17H13BrClN5O2. The first kappa shape index (κ1) is 18.1. The summed E-state index contributed by atoms with van der Waals surface area (Å²) >= 11 is 9.52. The predicted molar refractivity (Wildman–Crippen MR) is 105 cm³/mol. The fraction of sp³-hybridized carbons (Fsp3) is 0.0588. The number of nitro groups is 1. The molecule has 0 aliphatic heterocycles. The zero-order chi connectivity index (χ0) is 18.5. The van der Waals surface area contributed by atoms with Gasteiger partial charge in [-0.2, -0.15) is 0 Å². The lowest BCUT2D eigenvalue weighted by Crippen LogP contribution is -2.08. The number of benzene rings is 2. The summed E-state index contributed by atoms with van der Waals surface area (Å²) in [6.45, 7) is 0.298. The van der Waals surface area contributed by atoms with E-state index in [0.29, 0.717) is 17.3 Å². The highest BCUT2D eigenvalue weighted by Crippen LogP contribution is 2.33. The van der Waals surface area contributed by atoms with Crippen molar-refractivity contribution < 1.29 is 4.92 Å². The van der Waals surface area contributed by atoms with Gasteiger partial charge in [0.1, 0.15) is 6.33 Å². The molecule has 7 nitrogen and oxygen atoms in total. The Hall–Kier alpha value is -2.71. The molecule has 2 N–H and O–H groups in total. The quantitative estimate of drug-likeness (QED) is 0.411. The van der Waals surface area contributed by atoms with E-state index in [-0.39, 0.29) is 17.3 Å². The van der Waals surface area contributed by atoms with Gasteiger partial charge in [-0.15, -0.1) is 0 Å². The molecule has 3 rings (SSSR count). The Morgan fingerprint density at radius 2 is 1.77 bits per heavy atom. The Kier molecular flexibility index (Phi) is 5.65. The van der Waals surface area contributed by atoms with Crippen LogP contribution in [0.4, 0.5) is 23.0 Å². The van der Waals surface area contributed by atoms with E-state index in [9.17, 15) is 10.1 Å². The number of anilines is 3. The van der Waals surface area contributed by atoms with Crippen molar-refractivity contribution in [1.82, 2.24) is 9.97 Å². The summed E-state index contributed by atoms with van der Waals surface area (Å²) in [5.41, 5.74) is 1.23. The topological polar surface area (TPSA) is 93.0 Å². The van der Waals surface area contributed by atoms with E-state index in [1.807, 2.05) is 36.4 Å². The summed E-state index contributed by atoms with van der Waals surface area (Å²) in [6, 6.07) is 14.5. The van der Waals surface area contributed by atoms with Crippen LogP contribution in [0, 0.1) is 10.1 Å². The average Bonchev–Trinajstić information content (AvgIpc) is 2.63. The number of para-hydroxylation sites is 1. The predicted octanol–water partition coefficient (Wildman–Crippen LogP) is 5.16. The number of rotatable bonds is 6. The smallest absolute Gasteiger partial charge is 0.353 e. The zero-order valence-electron chi connectivity index (χ0n) is 13.3. The number of aromatic nitrogens is 2. The van der Waals surface area contributed by atoms with Crippen LogP contribution in [0.25, 0.3) is 0 Å². The van der Waals surface area contributed by atoms with Gasteiger partial charge in [0, 0.05) is 16.0 Å². The molecule has 9 heteroatoms. The van der Waals surface area contributed by atoms with Crippen molar-refractivity contribution in [3.8, 4) is 0 Å². The summed E-state index contributed by atoms with van der Waals surface area (Å²) in [5, 5.41) is 18.1. The molecule has 0 atom stereocenters. The third-order valence-corrected chi connectivity index (χ3v) is 4.60. The van der Waals surface area contributed by atoms with E-state index in [1.54, 1.807) is 12.1 Å². The van der Waals surface area contributed by atoms with Crippen molar-refractivity contribution in [2.75, 3.05) is 10.6 Å². The van der Waals surface area contributed by atoms with Gasteiger partial charge in [-0.1, -0.05) is 41.9 Å². The van der Waals surface area contributed by atoms with Crippen LogP contribution in [-0.4, -0.2) is 14.9 Å². The maximum atomic E-state index is 11.6. The van der Waals surface area contributed by atoms with Gasteiger partial charge < -0.3 is 10.6 Å². The number of halogens is 2. The highest BCUT2D eigenvalue weighted by molar-refractivity contribution is 9.10. The third kappa shape index (κ3) is 4.09. The summed E-state index contributed by atoms with van der Waals surface area (Å²) < 4.78 is 0.762. The second-order valence-corrected chi connectivity index (χ2v) is 6.49. The van der Waals surface area contributed by atoms with Crippen LogP contribution >= 0.6 is 27.5 Å². The molecule has 1 heterocycles. The molecule has 0 saturated heterocycles. The van der Waals surface area contributed by atoms with Crippen molar-refractivity contribution in [1.29, 1.82) is 0 Å². The Morgan fingerprint density at radius 1 is 1.08 bits per heavy atom. The number of nitrogens with zero attached hydrogens (tertiary/aromatic N) is 3. The largest absolute Gasteiger partial charge is 0.360 e. The molecule has 0 radical (unpaired) electrons. The molecule has 0 aliphatic rings. The number of nitrogens with one attached hydrogen (secondary N) is 2. The lowest BCUT2D eigenvalue weighted by Gasteiger charge is -2.11. The van der Waals surface area contributed by atoms with Gasteiger partial charge in [-0.3, -0.25) is 10.1 Å². The van der Waals surface area contributed by atoms with E-state index in [2.05, 4.69) is 36.5 Å². The van der Waals surface area contributed by atoms with Gasteiger partial charge in [0.25, 0.3) is 0 Å². The molecule has 26 heavy (non-hydrogen) atoms. The second-order valence-electron chi connectivity index (χ2n) is 5.23. The highest BCUT2D eigenvalue weighted by atomic mass is 79.9. The molecule has 2 aromatic carbocycles. The lowest BCUT2D eigenvalue weighted by molar-refractivity contribution is -0.383. The molecule has 0 aliphatic carbocycles. The summed E-state index contributed by atoms with van der Waals surface area (Å²) in [7, 11) is 0. The van der Waals surface area contributed by atoms with Crippen LogP contribution in [-0.2, 0) is 6.54 Å². The van der Waals surface area contributed by atoms with Crippen molar-refractivity contribution in [3.05, 3.63) is 80.0 Å². The minimum absolute atomic E-state index is 0.0959. The van der Waals surface area contributed by atoms with E-state index >= 15 is 0 Å². The first-order valence-electron chi connectivity index (χ1n) is 7.54. The molecule has 0 bridgehead atoms. The fourth-order valence-corrected chi connectivity index (χ4v) is 2.87. The van der Waals surface area contributed by atoms with Crippen molar-refractivity contribution in [2.24, 2.45) is 0 Å². The van der Waals surface area contributed by atoms with Crippen molar-refractivity contribution in [3.63, 3.8) is 0 Å². The van der Waals surface area contributed by atoms with E-state index in [1.165, 1.54) is 6.33 Å². The van der Waals surface area contributed by atoms with Crippen LogP contribution in [0.15, 0.2) is 59.3 Å². The van der Waals surface area contributed by atoms with Crippen LogP contribution in [0.1, 0.15) is 5.56 Å². The Balaban J connectivity index is 1.90. The first-order chi connectivity index (χ1) is 12.6. The van der Waals surface area contributed by atoms with E-state index in [4.69, 9.17) is 11.6 Å². The summed E-state index contributed by atoms with van der Waals surface area (Å²) in [5.74, 6) is 0.207. The Labute approximate surface area is 162 Å². The normalized spacial score (nSPS) is 10.4. The van der Waals surface area contributed by atoms with E-state index < -0.39 is 4.92 Å². The maximum Gasteiger partial charge on any atom is 0.353 e.